The van der Waals surface area contributed by atoms with Gasteiger partial charge in [-0.1, -0.05) is 11.6 Å². The molecule has 0 aromatic heterocycles. The topological polar surface area (TPSA) is 56.9 Å². The highest BCUT2D eigenvalue weighted by atomic mass is 35.5. The van der Waals surface area contributed by atoms with Gasteiger partial charge in [0.15, 0.2) is 5.84 Å². The SMILES string of the molecule is CNN=C(C(Cl)=C(C)N)N1CCN(C)CC1. The van der Waals surface area contributed by atoms with Crippen LogP contribution in [-0.4, -0.2) is 55.9 Å². The molecule has 0 amide bonds. The van der Waals surface area contributed by atoms with Gasteiger partial charge in [0.25, 0.3) is 0 Å². The third kappa shape index (κ3) is 3.28. The third-order valence-corrected chi connectivity index (χ3v) is 3.03. The number of nitrogens with two attached hydrogens (primary N) is 1. The first-order valence-electron chi connectivity index (χ1n) is 5.36. The van der Waals surface area contributed by atoms with Gasteiger partial charge in [-0.3, -0.25) is 0 Å². The van der Waals surface area contributed by atoms with Crippen LogP contribution < -0.4 is 11.2 Å². The van der Waals surface area contributed by atoms with Gasteiger partial charge >= 0.3 is 0 Å². The summed E-state index contributed by atoms with van der Waals surface area (Å²) in [7, 11) is 3.87. The Labute approximate surface area is 102 Å². The summed E-state index contributed by atoms with van der Waals surface area (Å²) in [6, 6.07) is 0. The van der Waals surface area contributed by atoms with Gasteiger partial charge in [0.1, 0.15) is 5.03 Å². The summed E-state index contributed by atoms with van der Waals surface area (Å²) >= 11 is 6.16. The predicted octanol–water partition coefficient (Wildman–Crippen LogP) is 0.196. The highest BCUT2D eigenvalue weighted by Gasteiger charge is 2.20. The van der Waals surface area contributed by atoms with E-state index in [1.54, 1.807) is 14.0 Å². The molecule has 1 rings (SSSR count). The molecule has 1 heterocycles. The first-order valence-corrected chi connectivity index (χ1v) is 5.74. The summed E-state index contributed by atoms with van der Waals surface area (Å²) in [5, 5.41) is 4.73. The molecular weight excluding hydrogens is 226 g/mol. The molecular formula is C10H20ClN5. The van der Waals surface area contributed by atoms with Crippen LogP contribution in [0.4, 0.5) is 0 Å². The van der Waals surface area contributed by atoms with Gasteiger partial charge in [-0.25, -0.2) is 0 Å². The van der Waals surface area contributed by atoms with Crippen LogP contribution in [0.25, 0.3) is 0 Å². The van der Waals surface area contributed by atoms with Gasteiger partial charge in [-0.2, -0.15) is 5.10 Å². The smallest absolute Gasteiger partial charge is 0.169 e. The van der Waals surface area contributed by atoms with E-state index in [9.17, 15) is 0 Å². The highest BCUT2D eigenvalue weighted by Crippen LogP contribution is 2.13. The van der Waals surface area contributed by atoms with Gasteiger partial charge in [-0.05, 0) is 14.0 Å². The molecule has 16 heavy (non-hydrogen) atoms. The second-order valence-corrected chi connectivity index (χ2v) is 4.32. The van der Waals surface area contributed by atoms with Gasteiger partial charge in [-0.15, -0.1) is 0 Å². The summed E-state index contributed by atoms with van der Waals surface area (Å²) in [6.45, 7) is 5.64. The van der Waals surface area contributed by atoms with Gasteiger partial charge in [0.2, 0.25) is 0 Å². The van der Waals surface area contributed by atoms with Crippen LogP contribution in [0, 0.1) is 0 Å². The average molecular weight is 246 g/mol. The van der Waals surface area contributed by atoms with E-state index in [1.807, 2.05) is 0 Å². The largest absolute Gasteiger partial charge is 0.401 e. The molecule has 6 heteroatoms. The zero-order chi connectivity index (χ0) is 12.1. The number of rotatable bonds is 2. The fourth-order valence-electron chi connectivity index (χ4n) is 1.56. The lowest BCUT2D eigenvalue weighted by Crippen LogP contribution is -2.47. The van der Waals surface area contributed by atoms with Crippen LogP contribution in [0.1, 0.15) is 6.92 Å². The molecule has 0 bridgehead atoms. The first kappa shape index (κ1) is 13.1. The number of amidine groups is 1. The molecule has 3 N–H and O–H groups in total. The minimum Gasteiger partial charge on any atom is -0.401 e. The Morgan fingerprint density at radius 1 is 1.31 bits per heavy atom. The van der Waals surface area contributed by atoms with Crippen molar-refractivity contribution in [3.63, 3.8) is 0 Å². The molecule has 0 radical (unpaired) electrons. The van der Waals surface area contributed by atoms with Crippen LogP contribution in [-0.2, 0) is 0 Å². The molecule has 0 aliphatic carbocycles. The Morgan fingerprint density at radius 2 is 1.88 bits per heavy atom. The lowest BCUT2D eigenvalue weighted by molar-refractivity contribution is 0.215. The third-order valence-electron chi connectivity index (χ3n) is 2.56. The van der Waals surface area contributed by atoms with Crippen molar-refractivity contribution in [1.82, 2.24) is 15.2 Å². The van der Waals surface area contributed by atoms with Crippen LogP contribution in [0.5, 0.6) is 0 Å². The lowest BCUT2D eigenvalue weighted by Gasteiger charge is -2.34. The standard InChI is InChI=1S/C10H20ClN5/c1-8(12)9(11)10(14-13-2)16-6-4-15(3)5-7-16/h13H,4-7,12H2,1-3H3. The van der Waals surface area contributed by atoms with Crippen molar-refractivity contribution in [3.05, 3.63) is 10.7 Å². The first-order chi connectivity index (χ1) is 7.56. The van der Waals surface area contributed by atoms with Crippen LogP contribution >= 0.6 is 11.6 Å². The number of halogens is 1. The monoisotopic (exact) mass is 245 g/mol. The van der Waals surface area contributed by atoms with E-state index >= 15 is 0 Å². The highest BCUT2D eigenvalue weighted by molar-refractivity contribution is 6.43. The van der Waals surface area contributed by atoms with Crippen LogP contribution in [0.3, 0.4) is 0 Å². The molecule has 1 fully saturated rings. The van der Waals surface area contributed by atoms with E-state index in [0.717, 1.165) is 32.0 Å². The van der Waals surface area contributed by atoms with Gasteiger partial charge in [0.05, 0.1) is 0 Å². The van der Waals surface area contributed by atoms with E-state index in [1.165, 1.54) is 0 Å². The predicted molar refractivity (Wildman–Crippen MR) is 68.3 cm³/mol. The zero-order valence-corrected chi connectivity index (χ0v) is 10.9. The molecule has 92 valence electrons. The number of piperazine rings is 1. The number of allylic oxidation sites excluding steroid dienone is 1. The van der Waals surface area contributed by atoms with Gasteiger partial charge < -0.3 is 21.0 Å². The quantitative estimate of drug-likeness (QED) is 0.415. The maximum absolute atomic E-state index is 6.16. The summed E-state index contributed by atoms with van der Waals surface area (Å²) in [5.41, 5.74) is 9.07. The Balaban J connectivity index is 2.80. The molecule has 0 aromatic rings. The lowest BCUT2D eigenvalue weighted by atomic mass is 10.3. The molecule has 0 spiro atoms. The maximum atomic E-state index is 6.16. The summed E-state index contributed by atoms with van der Waals surface area (Å²) in [6.07, 6.45) is 0. The van der Waals surface area contributed by atoms with Crippen molar-refractivity contribution >= 4 is 17.4 Å². The number of hydrogen-bond acceptors (Lipinski definition) is 4. The summed E-state index contributed by atoms with van der Waals surface area (Å²) < 4.78 is 0. The van der Waals surface area contributed by atoms with Crippen molar-refractivity contribution in [3.8, 4) is 0 Å². The fraction of sp³-hybridized carbons (Fsp3) is 0.700. The molecule has 5 nitrogen and oxygen atoms in total. The van der Waals surface area contributed by atoms with E-state index < -0.39 is 0 Å². The van der Waals surface area contributed by atoms with Gasteiger partial charge in [0, 0.05) is 38.9 Å². The molecule has 1 saturated heterocycles. The Bertz CT molecular complexity index is 288. The van der Waals surface area contributed by atoms with Crippen LogP contribution in [0.2, 0.25) is 0 Å². The molecule has 0 saturated carbocycles. The van der Waals surface area contributed by atoms with E-state index in [0.29, 0.717) is 10.7 Å². The average Bonchev–Trinajstić information content (AvgIpc) is 2.26. The van der Waals surface area contributed by atoms with Crippen molar-refractivity contribution in [2.45, 2.75) is 6.92 Å². The van der Waals surface area contributed by atoms with Crippen molar-refractivity contribution in [2.75, 3.05) is 40.3 Å². The molecule has 0 unspecified atom stereocenters. The maximum Gasteiger partial charge on any atom is 0.169 e. The number of hydrogen-bond donors (Lipinski definition) is 2. The number of nitrogens with zero attached hydrogens (tertiary/aromatic N) is 3. The van der Waals surface area contributed by atoms with E-state index in [4.69, 9.17) is 17.3 Å². The van der Waals surface area contributed by atoms with E-state index in [-0.39, 0.29) is 0 Å². The molecule has 0 atom stereocenters. The zero-order valence-electron chi connectivity index (χ0n) is 10.1. The second kappa shape index (κ2) is 5.96. The molecule has 0 aromatic carbocycles. The Kier molecular flexibility index (Phi) is 4.89. The fourth-order valence-corrected chi connectivity index (χ4v) is 1.72. The summed E-state index contributed by atoms with van der Waals surface area (Å²) in [5.74, 6) is 0.734. The normalized spacial score (nSPS) is 20.8. The minimum absolute atomic E-state index is 0.527. The second-order valence-electron chi connectivity index (χ2n) is 3.95. The number of nitrogens with one attached hydrogen (secondary N) is 1. The number of hydrazone groups is 1. The van der Waals surface area contributed by atoms with Crippen LogP contribution in [0.15, 0.2) is 15.8 Å². The van der Waals surface area contributed by atoms with E-state index in [2.05, 4.69) is 27.4 Å². The summed E-state index contributed by atoms with van der Waals surface area (Å²) in [4.78, 5) is 4.43. The molecule has 1 aliphatic heterocycles. The minimum atomic E-state index is 0.527. The molecule has 1 aliphatic rings. The van der Waals surface area contributed by atoms with Crippen molar-refractivity contribution < 1.29 is 0 Å². The van der Waals surface area contributed by atoms with Crippen molar-refractivity contribution in [2.24, 2.45) is 10.8 Å². The number of likely N-dealkylation sites (N-methyl/N-ethyl adjacent to an activating group) is 1. The Morgan fingerprint density at radius 3 is 2.31 bits per heavy atom. The Hall–Kier alpha value is -0.940. The van der Waals surface area contributed by atoms with Crippen molar-refractivity contribution in [1.29, 1.82) is 0 Å².